The van der Waals surface area contributed by atoms with Crippen LogP contribution >= 0.6 is 0 Å². The summed E-state index contributed by atoms with van der Waals surface area (Å²) in [5.41, 5.74) is 1.62. The highest BCUT2D eigenvalue weighted by atomic mass is 19.2. The number of allylic oxidation sites excluding steroid dienone is 4. The van der Waals surface area contributed by atoms with Crippen molar-refractivity contribution in [3.63, 3.8) is 0 Å². The van der Waals surface area contributed by atoms with Gasteiger partial charge in [0.15, 0.2) is 23.3 Å². The zero-order valence-corrected chi connectivity index (χ0v) is 37.6. The maximum absolute atomic E-state index is 14.5. The van der Waals surface area contributed by atoms with E-state index in [1.165, 1.54) is 6.07 Å². The number of halogens is 4. The molecular weight excluding hydrogens is 881 g/mol. The van der Waals surface area contributed by atoms with Crippen molar-refractivity contribution in [3.8, 4) is 36.4 Å². The second-order valence-corrected chi connectivity index (χ2v) is 14.6. The number of unbranched alkanes of at least 4 members (excludes halogenated alkanes) is 2. The van der Waals surface area contributed by atoms with Gasteiger partial charge in [-0.3, -0.25) is 0 Å². The smallest absolute Gasteiger partial charge is 0.275 e. The summed E-state index contributed by atoms with van der Waals surface area (Å²) in [6, 6.07) is 35.1. The average molecular weight is 925 g/mol. The number of anilines is 1. The molecule has 0 unspecified atom stereocenters. The molecule has 1 fully saturated rings. The van der Waals surface area contributed by atoms with E-state index in [4.69, 9.17) is 32.9 Å². The zero-order chi connectivity index (χ0) is 50.1. The summed E-state index contributed by atoms with van der Waals surface area (Å²) in [6.45, 7) is 13.1. The van der Waals surface area contributed by atoms with Crippen LogP contribution in [0.5, 0.6) is 0 Å². The number of rotatable bonds is 10. The third kappa shape index (κ3) is 14.0. The Morgan fingerprint density at radius 2 is 1.10 bits per heavy atom. The normalized spacial score (nSPS) is 11.5. The van der Waals surface area contributed by atoms with Gasteiger partial charge >= 0.3 is 0 Å². The standard InChI is InChI=1S/C23H14N4.C18H20F4N4.C12H10N4/c24-15-21(19-6-8-20(9-7-19)22(16-25)17-26)14-18-10-12-27(13-11-18)23-4-2-1-3-5-23;1-4-6-8-25-18(26-9-7-5-2)13-16(21)14(19)12(11(10-23)24-3)15(20)17(13)22;13-7-11(8-14)9-1-3-10(4-2-9)12-15-5-6-16-12/h1-14H;25-26H,4-9H2,1-2H3;1-4,15-16H,5-6H2. The van der Waals surface area contributed by atoms with E-state index in [-0.39, 0.29) is 17.0 Å². The third-order valence-electron chi connectivity index (χ3n) is 10.1. The summed E-state index contributed by atoms with van der Waals surface area (Å²) < 4.78 is 57.6. The van der Waals surface area contributed by atoms with Crippen molar-refractivity contribution < 1.29 is 17.6 Å². The van der Waals surface area contributed by atoms with Gasteiger partial charge in [0.05, 0.1) is 34.7 Å². The fraction of sp³-hybridized carbons (Fsp3) is 0.189. The quantitative estimate of drug-likeness (QED) is 0.0737. The van der Waals surface area contributed by atoms with Crippen molar-refractivity contribution in [3.05, 3.63) is 181 Å². The summed E-state index contributed by atoms with van der Waals surface area (Å²) in [5, 5.41) is 66.3. The number of benzene rings is 4. The van der Waals surface area contributed by atoms with Crippen LogP contribution in [0, 0.1) is 97.8 Å². The SMILES string of the molecule is N#CC(C#N)=c1ccc(=C(C#N)C=C2C=CN(c3ccccc3)C=C2)cc1.N#CC(C#N)=c1ccc(=C2NCCN2)cc1.[C-]#[N+]C(C#N)=c1c(F)c(F)c(=C(NCCCC)NCCCC)c(F)c1F. The largest absolute Gasteiger partial charge is 0.371 e. The van der Waals surface area contributed by atoms with E-state index in [2.05, 4.69) is 32.2 Å². The van der Waals surface area contributed by atoms with Crippen molar-refractivity contribution >= 4 is 39.7 Å². The molecule has 0 atom stereocenters. The molecule has 4 aromatic carbocycles. The second-order valence-electron chi connectivity index (χ2n) is 14.6. The maximum atomic E-state index is 14.5. The molecule has 2 aliphatic rings. The minimum atomic E-state index is -1.77. The predicted octanol–water partition coefficient (Wildman–Crippen LogP) is 4.81. The molecule has 2 aliphatic heterocycles. The first kappa shape index (κ1) is 52.1. The van der Waals surface area contributed by atoms with Crippen molar-refractivity contribution in [2.75, 3.05) is 31.1 Å². The minimum Gasteiger partial charge on any atom is -0.371 e. The fourth-order valence-corrected chi connectivity index (χ4v) is 6.44. The lowest BCUT2D eigenvalue weighted by Crippen LogP contribution is -2.39. The Morgan fingerprint density at radius 3 is 1.54 bits per heavy atom. The Morgan fingerprint density at radius 1 is 0.638 bits per heavy atom. The Kier molecular flexibility index (Phi) is 20.4. The lowest BCUT2D eigenvalue weighted by Gasteiger charge is -2.18. The molecule has 4 aromatic rings. The molecule has 344 valence electrons. The molecule has 69 heavy (non-hydrogen) atoms. The van der Waals surface area contributed by atoms with Gasteiger partial charge in [-0.2, -0.15) is 26.3 Å². The Hall–Kier alpha value is -9.53. The molecule has 0 aliphatic carbocycles. The van der Waals surface area contributed by atoms with E-state index in [1.54, 1.807) is 36.4 Å². The molecule has 16 heteroatoms. The van der Waals surface area contributed by atoms with Gasteiger partial charge in [-0.25, -0.2) is 27.7 Å². The first-order valence-electron chi connectivity index (χ1n) is 21.5. The molecule has 0 aromatic heterocycles. The number of nitrogens with zero attached hydrogens (tertiary/aromatic N) is 8. The summed E-state index contributed by atoms with van der Waals surface area (Å²) in [7, 11) is 0. The van der Waals surface area contributed by atoms with Crippen LogP contribution in [0.4, 0.5) is 23.2 Å². The van der Waals surface area contributed by atoms with E-state index < -0.39 is 39.4 Å². The first-order valence-corrected chi connectivity index (χ1v) is 21.5. The number of nitrogens with one attached hydrogen (secondary N) is 4. The molecule has 0 saturated carbocycles. The summed E-state index contributed by atoms with van der Waals surface area (Å²) in [4.78, 5) is 4.63. The van der Waals surface area contributed by atoms with Gasteiger partial charge in [0.2, 0.25) is 0 Å². The van der Waals surface area contributed by atoms with Gasteiger partial charge in [-0.1, -0.05) is 93.4 Å². The summed E-state index contributed by atoms with van der Waals surface area (Å²) in [5.74, 6) is -6.00. The highest BCUT2D eigenvalue weighted by molar-refractivity contribution is 5.75. The van der Waals surface area contributed by atoms with E-state index in [9.17, 15) is 22.8 Å². The van der Waals surface area contributed by atoms with Crippen LogP contribution in [0.1, 0.15) is 39.5 Å². The highest BCUT2D eigenvalue weighted by Crippen LogP contribution is 2.19. The molecule has 0 spiro atoms. The Balaban J connectivity index is 0.000000233. The van der Waals surface area contributed by atoms with Crippen LogP contribution in [0.3, 0.4) is 0 Å². The van der Waals surface area contributed by atoms with Crippen LogP contribution in [0.2, 0.25) is 0 Å². The fourth-order valence-electron chi connectivity index (χ4n) is 6.44. The van der Waals surface area contributed by atoms with E-state index >= 15 is 0 Å². The van der Waals surface area contributed by atoms with E-state index in [1.807, 2.05) is 116 Å². The van der Waals surface area contributed by atoms with Crippen molar-refractivity contribution in [2.45, 2.75) is 39.5 Å². The Bertz CT molecular complexity index is 3180. The molecule has 6 rings (SSSR count). The van der Waals surface area contributed by atoms with Gasteiger partial charge in [0.25, 0.3) is 5.70 Å². The molecule has 12 nitrogen and oxygen atoms in total. The van der Waals surface area contributed by atoms with Gasteiger partial charge in [0.1, 0.15) is 47.1 Å². The molecule has 0 amide bonds. The highest BCUT2D eigenvalue weighted by Gasteiger charge is 2.22. The van der Waals surface area contributed by atoms with Gasteiger partial charge in [0, 0.05) is 59.9 Å². The van der Waals surface area contributed by atoms with Crippen LogP contribution < -0.4 is 57.5 Å². The second kappa shape index (κ2) is 27.1. The van der Waals surface area contributed by atoms with Crippen LogP contribution in [-0.4, -0.2) is 26.2 Å². The predicted molar refractivity (Wildman–Crippen MR) is 255 cm³/mol. The number of para-hydroxylation sites is 1. The van der Waals surface area contributed by atoms with E-state index in [0.29, 0.717) is 41.9 Å². The number of nitriles is 6. The van der Waals surface area contributed by atoms with Crippen LogP contribution in [0.25, 0.3) is 38.9 Å². The van der Waals surface area contributed by atoms with Gasteiger partial charge in [-0.05, 0) is 54.0 Å². The van der Waals surface area contributed by atoms with Gasteiger partial charge in [-0.15, -0.1) is 0 Å². The third-order valence-corrected chi connectivity index (χ3v) is 10.1. The molecular formula is C53H44F4N12. The monoisotopic (exact) mass is 924 g/mol. The molecule has 4 N–H and O–H groups in total. The molecule has 1 saturated heterocycles. The van der Waals surface area contributed by atoms with Crippen molar-refractivity contribution in [2.24, 2.45) is 0 Å². The molecule has 2 heterocycles. The van der Waals surface area contributed by atoms with Crippen molar-refractivity contribution in [1.29, 1.82) is 31.6 Å². The molecule has 0 bridgehead atoms. The van der Waals surface area contributed by atoms with E-state index in [0.717, 1.165) is 53.4 Å². The van der Waals surface area contributed by atoms with Crippen LogP contribution in [-0.2, 0) is 0 Å². The van der Waals surface area contributed by atoms with Gasteiger partial charge < -0.3 is 26.2 Å². The maximum Gasteiger partial charge on any atom is 0.275 e. The zero-order valence-electron chi connectivity index (χ0n) is 37.6. The minimum absolute atomic E-state index is 0.0533. The first-order chi connectivity index (χ1) is 33.5. The molecule has 0 radical (unpaired) electrons. The average Bonchev–Trinajstić information content (AvgIpc) is 3.94. The topological polar surface area (TPSA) is 198 Å². The lowest BCUT2D eigenvalue weighted by atomic mass is 10.1. The van der Waals surface area contributed by atoms with Crippen LogP contribution in [0.15, 0.2) is 115 Å². The number of hydrogen-bond acceptors (Lipinski definition) is 11. The summed E-state index contributed by atoms with van der Waals surface area (Å²) in [6.07, 6.45) is 12.6. The Labute approximate surface area is 397 Å². The summed E-state index contributed by atoms with van der Waals surface area (Å²) >= 11 is 0. The lowest BCUT2D eigenvalue weighted by molar-refractivity contribution is 0.432. The van der Waals surface area contributed by atoms with Crippen molar-refractivity contribution in [1.82, 2.24) is 21.3 Å². The number of hydrogen-bond donors (Lipinski definition) is 4.